The molecule has 7 heteroatoms. The second kappa shape index (κ2) is 7.59. The van der Waals surface area contributed by atoms with Crippen LogP contribution < -0.4 is 15.5 Å². The molecule has 2 aromatic rings. The van der Waals surface area contributed by atoms with Gasteiger partial charge >= 0.3 is 0 Å². The molecule has 0 unspecified atom stereocenters. The number of quaternary nitrogens is 1. The predicted octanol–water partition coefficient (Wildman–Crippen LogP) is 1.69. The van der Waals surface area contributed by atoms with Crippen molar-refractivity contribution in [3.05, 3.63) is 16.3 Å². The first-order chi connectivity index (χ1) is 13.7. The molecule has 2 aliphatic carbocycles. The molecule has 1 aliphatic heterocycles. The number of aryl methyl sites for hydroxylation is 2. The quantitative estimate of drug-likeness (QED) is 0.690. The monoisotopic (exact) mass is 400 g/mol. The largest absolute Gasteiger partial charge is 0.360 e. The highest BCUT2D eigenvalue weighted by molar-refractivity contribution is 7.19. The maximum absolute atomic E-state index is 12.2. The number of nitrogens with one attached hydrogen (secondary N) is 3. The van der Waals surface area contributed by atoms with E-state index in [0.717, 1.165) is 54.6 Å². The molecule has 1 saturated carbocycles. The van der Waals surface area contributed by atoms with Crippen LogP contribution in [0.4, 0.5) is 5.82 Å². The number of amides is 1. The number of thiophene rings is 1. The van der Waals surface area contributed by atoms with Crippen molar-refractivity contribution >= 4 is 33.3 Å². The summed E-state index contributed by atoms with van der Waals surface area (Å²) in [6, 6.07) is 0.394. The molecule has 1 saturated heterocycles. The van der Waals surface area contributed by atoms with Crippen LogP contribution >= 0.6 is 11.3 Å². The van der Waals surface area contributed by atoms with Crippen molar-refractivity contribution in [1.82, 2.24) is 15.3 Å². The number of likely N-dealkylation sites (tertiary alicyclic amines) is 1. The van der Waals surface area contributed by atoms with Crippen LogP contribution in [0.2, 0.25) is 0 Å². The summed E-state index contributed by atoms with van der Waals surface area (Å²) in [5.74, 6) is 2.70. The number of carbonyl (C=O) groups is 1. The number of aromatic nitrogens is 2. The van der Waals surface area contributed by atoms with E-state index in [-0.39, 0.29) is 5.91 Å². The first-order valence-electron chi connectivity index (χ1n) is 10.8. The van der Waals surface area contributed by atoms with E-state index in [1.807, 2.05) is 11.3 Å². The van der Waals surface area contributed by atoms with Crippen LogP contribution in [-0.2, 0) is 24.2 Å². The molecule has 3 N–H and O–H groups in total. The SMILES string of the molecule is CC1CC[NH+](Cc2nc(NCC(=O)NC3CC3)c3c4c(sc3n2)CCC4)CC1. The van der Waals surface area contributed by atoms with Crippen molar-refractivity contribution in [3.8, 4) is 0 Å². The minimum absolute atomic E-state index is 0.0679. The van der Waals surface area contributed by atoms with E-state index in [2.05, 4.69) is 17.6 Å². The van der Waals surface area contributed by atoms with E-state index < -0.39 is 0 Å². The van der Waals surface area contributed by atoms with Crippen molar-refractivity contribution in [1.29, 1.82) is 0 Å². The standard InChI is InChI=1S/C21H29N5OS/c1-13-7-9-26(10-8-13)12-17-24-20(22-11-18(27)23-14-5-6-14)19-15-3-2-4-16(15)28-21(19)25-17/h13-14H,2-12H2,1H3,(H,23,27)(H,22,24,25)/p+1. The molecule has 150 valence electrons. The zero-order valence-corrected chi connectivity index (χ0v) is 17.5. The Balaban J connectivity index is 1.39. The lowest BCUT2D eigenvalue weighted by molar-refractivity contribution is -0.920. The Morgan fingerprint density at radius 1 is 1.18 bits per heavy atom. The lowest BCUT2D eigenvalue weighted by Crippen LogP contribution is -3.11. The molecule has 0 radical (unpaired) electrons. The van der Waals surface area contributed by atoms with Gasteiger partial charge in [0.1, 0.15) is 17.2 Å². The minimum Gasteiger partial charge on any atom is -0.360 e. The Hall–Kier alpha value is -1.73. The van der Waals surface area contributed by atoms with Crippen LogP contribution in [0.3, 0.4) is 0 Å². The Bertz CT molecular complexity index is 883. The average Bonchev–Trinajstić information content (AvgIpc) is 3.25. The molecule has 1 amide bonds. The Morgan fingerprint density at radius 3 is 2.79 bits per heavy atom. The molecule has 0 bridgehead atoms. The molecule has 3 heterocycles. The maximum atomic E-state index is 12.2. The van der Waals surface area contributed by atoms with Gasteiger partial charge in [-0.25, -0.2) is 9.97 Å². The van der Waals surface area contributed by atoms with Gasteiger partial charge in [-0.2, -0.15) is 0 Å². The van der Waals surface area contributed by atoms with Crippen LogP contribution in [0.15, 0.2) is 0 Å². The summed E-state index contributed by atoms with van der Waals surface area (Å²) in [7, 11) is 0. The summed E-state index contributed by atoms with van der Waals surface area (Å²) in [5.41, 5.74) is 1.41. The van der Waals surface area contributed by atoms with Crippen molar-refractivity contribution < 1.29 is 9.69 Å². The second-order valence-corrected chi connectivity index (χ2v) is 9.91. The van der Waals surface area contributed by atoms with Gasteiger partial charge in [0.2, 0.25) is 5.91 Å². The summed E-state index contributed by atoms with van der Waals surface area (Å²) in [4.78, 5) is 26.2. The van der Waals surface area contributed by atoms with E-state index in [9.17, 15) is 4.79 Å². The zero-order valence-electron chi connectivity index (χ0n) is 16.6. The van der Waals surface area contributed by atoms with Crippen LogP contribution in [0.25, 0.3) is 10.2 Å². The Morgan fingerprint density at radius 2 is 2.00 bits per heavy atom. The van der Waals surface area contributed by atoms with Gasteiger partial charge < -0.3 is 15.5 Å². The topological polar surface area (TPSA) is 71.3 Å². The first-order valence-corrected chi connectivity index (χ1v) is 11.7. The summed E-state index contributed by atoms with van der Waals surface area (Å²) in [6.45, 7) is 5.93. The molecule has 0 spiro atoms. The molecule has 5 rings (SSSR count). The van der Waals surface area contributed by atoms with Crippen LogP contribution in [-0.4, -0.2) is 41.6 Å². The Kier molecular flexibility index (Phi) is 4.97. The number of fused-ring (bicyclic) bond motifs is 3. The van der Waals surface area contributed by atoms with E-state index in [1.54, 1.807) is 4.90 Å². The number of piperidine rings is 1. The molecule has 6 nitrogen and oxygen atoms in total. The maximum Gasteiger partial charge on any atom is 0.239 e. The van der Waals surface area contributed by atoms with Crippen LogP contribution in [0.5, 0.6) is 0 Å². The number of rotatable bonds is 6. The lowest BCUT2D eigenvalue weighted by atomic mass is 9.99. The Labute approximate surface area is 170 Å². The zero-order chi connectivity index (χ0) is 19.1. The number of carbonyl (C=O) groups excluding carboxylic acids is 1. The number of anilines is 1. The van der Waals surface area contributed by atoms with Crippen LogP contribution in [0, 0.1) is 5.92 Å². The van der Waals surface area contributed by atoms with Gasteiger partial charge in [0.25, 0.3) is 0 Å². The molecule has 2 aromatic heterocycles. The highest BCUT2D eigenvalue weighted by Crippen LogP contribution is 2.39. The van der Waals surface area contributed by atoms with E-state index in [1.165, 1.54) is 48.2 Å². The summed E-state index contributed by atoms with van der Waals surface area (Å²) in [5, 5.41) is 7.58. The van der Waals surface area contributed by atoms with Crippen molar-refractivity contribution in [2.45, 2.75) is 64.5 Å². The molecule has 0 atom stereocenters. The number of nitrogens with zero attached hydrogens (tertiary/aromatic N) is 2. The predicted molar refractivity (Wildman–Crippen MR) is 112 cm³/mol. The van der Waals surface area contributed by atoms with Gasteiger partial charge in [0, 0.05) is 10.9 Å². The fourth-order valence-electron chi connectivity index (χ4n) is 4.49. The first kappa shape index (κ1) is 18.3. The van der Waals surface area contributed by atoms with Gasteiger partial charge in [-0.1, -0.05) is 6.92 Å². The van der Waals surface area contributed by atoms with Crippen molar-refractivity contribution in [2.75, 3.05) is 25.0 Å². The molecule has 28 heavy (non-hydrogen) atoms. The van der Waals surface area contributed by atoms with Crippen molar-refractivity contribution in [2.24, 2.45) is 5.92 Å². The van der Waals surface area contributed by atoms with Gasteiger partial charge in [0.05, 0.1) is 25.0 Å². The summed E-state index contributed by atoms with van der Waals surface area (Å²) < 4.78 is 0. The van der Waals surface area contributed by atoms with Gasteiger partial charge in [0.15, 0.2) is 5.82 Å². The van der Waals surface area contributed by atoms with Gasteiger partial charge in [-0.15, -0.1) is 11.3 Å². The number of hydrogen-bond acceptors (Lipinski definition) is 5. The normalized spacial score (nSPS) is 24.3. The smallest absolute Gasteiger partial charge is 0.239 e. The summed E-state index contributed by atoms with van der Waals surface area (Å²) >= 11 is 1.83. The molecule has 3 aliphatic rings. The molecular formula is C21H30N5OS+. The highest BCUT2D eigenvalue weighted by atomic mass is 32.1. The third-order valence-electron chi connectivity index (χ3n) is 6.36. The van der Waals surface area contributed by atoms with Crippen LogP contribution in [0.1, 0.15) is 55.3 Å². The van der Waals surface area contributed by atoms with E-state index in [0.29, 0.717) is 12.6 Å². The van der Waals surface area contributed by atoms with E-state index in [4.69, 9.17) is 9.97 Å². The van der Waals surface area contributed by atoms with Gasteiger partial charge in [-0.05, 0) is 56.4 Å². The third-order valence-corrected chi connectivity index (χ3v) is 7.55. The molecule has 2 fully saturated rings. The fourth-order valence-corrected chi connectivity index (χ4v) is 5.77. The van der Waals surface area contributed by atoms with Crippen molar-refractivity contribution in [3.63, 3.8) is 0 Å². The van der Waals surface area contributed by atoms with E-state index >= 15 is 0 Å². The summed E-state index contributed by atoms with van der Waals surface area (Å²) in [6.07, 6.45) is 8.29. The average molecular weight is 401 g/mol. The number of hydrogen-bond donors (Lipinski definition) is 3. The molecular weight excluding hydrogens is 370 g/mol. The fraction of sp³-hybridized carbons (Fsp3) is 0.667. The molecule has 0 aromatic carbocycles. The minimum atomic E-state index is 0.0679. The van der Waals surface area contributed by atoms with Gasteiger partial charge in [-0.3, -0.25) is 4.79 Å². The third kappa shape index (κ3) is 3.87. The highest BCUT2D eigenvalue weighted by Gasteiger charge is 2.26. The lowest BCUT2D eigenvalue weighted by Gasteiger charge is -2.26. The second-order valence-electron chi connectivity index (χ2n) is 8.83.